The standard InChI is InChI=1S/C19H17F3N2O4S/c1-28-18(25)16-10-12(29-17-9-5-2-6-13(17)19(20,21)22)11-23(16)14-7-3-4-8-15(14)24(26)27/h2-9,12,16H,10-11H2,1H3/t12-,16?/m1/s1. The SMILES string of the molecule is COC(=O)C1C[C@@H](Sc2ccccc2C(F)(F)F)CN1c1ccccc1[N+](=O)[O-]. The molecule has 1 aliphatic heterocycles. The molecular weight excluding hydrogens is 409 g/mol. The Morgan fingerprint density at radius 2 is 1.86 bits per heavy atom. The molecule has 0 amide bonds. The fourth-order valence-electron chi connectivity index (χ4n) is 3.35. The number of carbonyl (C=O) groups is 1. The zero-order chi connectivity index (χ0) is 21.2. The maximum atomic E-state index is 13.3. The monoisotopic (exact) mass is 426 g/mol. The minimum Gasteiger partial charge on any atom is -0.467 e. The highest BCUT2D eigenvalue weighted by Gasteiger charge is 2.41. The Balaban J connectivity index is 1.92. The average molecular weight is 426 g/mol. The number of para-hydroxylation sites is 2. The molecule has 0 spiro atoms. The normalized spacial score (nSPS) is 19.2. The second kappa shape index (κ2) is 8.32. The number of ether oxygens (including phenoxy) is 1. The van der Waals surface area contributed by atoms with Gasteiger partial charge in [0.05, 0.1) is 17.6 Å². The minimum absolute atomic E-state index is 0.0537. The lowest BCUT2D eigenvalue weighted by Crippen LogP contribution is -2.37. The van der Waals surface area contributed by atoms with Crippen molar-refractivity contribution in [3.05, 3.63) is 64.2 Å². The van der Waals surface area contributed by atoms with Crippen molar-refractivity contribution in [3.8, 4) is 0 Å². The Labute approximate surface area is 168 Å². The summed E-state index contributed by atoms with van der Waals surface area (Å²) in [6.07, 6.45) is -4.29. The van der Waals surface area contributed by atoms with Crippen molar-refractivity contribution in [2.75, 3.05) is 18.6 Å². The predicted molar refractivity (Wildman–Crippen MR) is 102 cm³/mol. The van der Waals surface area contributed by atoms with E-state index in [1.54, 1.807) is 6.07 Å². The number of nitrogens with zero attached hydrogens (tertiary/aromatic N) is 2. The van der Waals surface area contributed by atoms with Gasteiger partial charge in [0, 0.05) is 22.8 Å². The average Bonchev–Trinajstić information content (AvgIpc) is 3.10. The summed E-state index contributed by atoms with van der Waals surface area (Å²) in [6.45, 7) is 0.168. The largest absolute Gasteiger partial charge is 0.467 e. The molecule has 0 aliphatic carbocycles. The number of hydrogen-bond acceptors (Lipinski definition) is 6. The van der Waals surface area contributed by atoms with Crippen molar-refractivity contribution in [3.63, 3.8) is 0 Å². The van der Waals surface area contributed by atoms with Gasteiger partial charge in [0.25, 0.3) is 5.69 Å². The Kier molecular flexibility index (Phi) is 6.02. The molecule has 29 heavy (non-hydrogen) atoms. The molecule has 1 unspecified atom stereocenters. The highest BCUT2D eigenvalue weighted by molar-refractivity contribution is 8.00. The number of anilines is 1. The number of carbonyl (C=O) groups excluding carboxylic acids is 1. The van der Waals surface area contributed by atoms with Gasteiger partial charge < -0.3 is 9.64 Å². The summed E-state index contributed by atoms with van der Waals surface area (Å²) >= 11 is 1.01. The molecule has 1 heterocycles. The van der Waals surface area contributed by atoms with E-state index in [9.17, 15) is 28.1 Å². The van der Waals surface area contributed by atoms with E-state index in [0.717, 1.165) is 17.8 Å². The van der Waals surface area contributed by atoms with E-state index in [1.165, 1.54) is 48.4 Å². The fourth-order valence-corrected chi connectivity index (χ4v) is 4.69. The fraction of sp³-hybridized carbons (Fsp3) is 0.316. The van der Waals surface area contributed by atoms with E-state index < -0.39 is 28.7 Å². The zero-order valence-corrected chi connectivity index (χ0v) is 16.1. The van der Waals surface area contributed by atoms with Crippen LogP contribution in [0.2, 0.25) is 0 Å². The van der Waals surface area contributed by atoms with Crippen LogP contribution in [0.4, 0.5) is 24.5 Å². The first kappa shape index (κ1) is 21.0. The highest BCUT2D eigenvalue weighted by Crippen LogP contribution is 2.43. The van der Waals surface area contributed by atoms with Crippen molar-refractivity contribution in [1.82, 2.24) is 0 Å². The number of nitro benzene ring substituents is 1. The van der Waals surface area contributed by atoms with Gasteiger partial charge in [-0.3, -0.25) is 10.1 Å². The molecule has 0 saturated carbocycles. The number of esters is 1. The molecule has 2 aromatic rings. The maximum absolute atomic E-state index is 13.3. The quantitative estimate of drug-likeness (QED) is 0.398. The Bertz CT molecular complexity index is 922. The molecule has 1 fully saturated rings. The smallest absolute Gasteiger partial charge is 0.417 e. The molecule has 10 heteroatoms. The molecule has 154 valence electrons. The zero-order valence-electron chi connectivity index (χ0n) is 15.3. The number of thioether (sulfide) groups is 1. The van der Waals surface area contributed by atoms with Gasteiger partial charge in [-0.15, -0.1) is 11.8 Å². The molecule has 0 radical (unpaired) electrons. The van der Waals surface area contributed by atoms with Gasteiger partial charge >= 0.3 is 12.1 Å². The summed E-state index contributed by atoms with van der Waals surface area (Å²) in [5.41, 5.74) is -0.688. The van der Waals surface area contributed by atoms with E-state index in [4.69, 9.17) is 4.74 Å². The summed E-state index contributed by atoms with van der Waals surface area (Å²) in [4.78, 5) is 24.7. The summed E-state index contributed by atoms with van der Waals surface area (Å²) in [6, 6.07) is 10.4. The third kappa shape index (κ3) is 4.47. The van der Waals surface area contributed by atoms with Crippen molar-refractivity contribution in [2.24, 2.45) is 0 Å². The second-order valence-electron chi connectivity index (χ2n) is 6.41. The van der Waals surface area contributed by atoms with Gasteiger partial charge in [0.1, 0.15) is 11.7 Å². The van der Waals surface area contributed by atoms with Crippen LogP contribution in [-0.4, -0.2) is 35.8 Å². The summed E-state index contributed by atoms with van der Waals surface area (Å²) in [7, 11) is 1.21. The molecule has 0 N–H and O–H groups in total. The number of hydrogen-bond donors (Lipinski definition) is 0. The molecule has 1 aliphatic rings. The molecule has 3 rings (SSSR count). The van der Waals surface area contributed by atoms with Crippen LogP contribution < -0.4 is 4.90 Å². The van der Waals surface area contributed by atoms with Crippen molar-refractivity contribution < 1.29 is 27.6 Å². The summed E-state index contributed by atoms with van der Waals surface area (Å²) in [5.74, 6) is -0.588. The van der Waals surface area contributed by atoms with E-state index in [2.05, 4.69) is 0 Å². The number of rotatable bonds is 5. The lowest BCUT2D eigenvalue weighted by atomic mass is 10.2. The first-order chi connectivity index (χ1) is 13.7. The number of methoxy groups -OCH3 is 1. The Morgan fingerprint density at radius 3 is 2.52 bits per heavy atom. The number of benzene rings is 2. The first-order valence-electron chi connectivity index (χ1n) is 8.63. The molecule has 0 bridgehead atoms. The molecular formula is C19H17F3N2O4S. The summed E-state index contributed by atoms with van der Waals surface area (Å²) in [5, 5.41) is 11.0. The van der Waals surface area contributed by atoms with Crippen LogP contribution in [0.1, 0.15) is 12.0 Å². The van der Waals surface area contributed by atoms with E-state index >= 15 is 0 Å². The summed E-state index contributed by atoms with van der Waals surface area (Å²) < 4.78 is 44.7. The Morgan fingerprint density at radius 1 is 1.21 bits per heavy atom. The first-order valence-corrected chi connectivity index (χ1v) is 9.51. The number of halogens is 3. The van der Waals surface area contributed by atoms with E-state index in [0.29, 0.717) is 0 Å². The minimum atomic E-state index is -4.50. The highest BCUT2D eigenvalue weighted by atomic mass is 32.2. The second-order valence-corrected chi connectivity index (χ2v) is 7.75. The number of nitro groups is 1. The van der Waals surface area contributed by atoms with Crippen LogP contribution >= 0.6 is 11.8 Å². The van der Waals surface area contributed by atoms with Crippen LogP contribution in [-0.2, 0) is 15.7 Å². The van der Waals surface area contributed by atoms with Gasteiger partial charge in [-0.1, -0.05) is 24.3 Å². The van der Waals surface area contributed by atoms with Crippen LogP contribution in [0.3, 0.4) is 0 Å². The maximum Gasteiger partial charge on any atom is 0.417 e. The predicted octanol–water partition coefficient (Wildman–Crippen LogP) is 4.53. The van der Waals surface area contributed by atoms with Gasteiger partial charge in [-0.25, -0.2) is 4.79 Å². The molecule has 0 aromatic heterocycles. The van der Waals surface area contributed by atoms with Crippen molar-refractivity contribution in [1.29, 1.82) is 0 Å². The van der Waals surface area contributed by atoms with Gasteiger partial charge in [-0.2, -0.15) is 13.2 Å². The lowest BCUT2D eigenvalue weighted by molar-refractivity contribution is -0.384. The van der Waals surface area contributed by atoms with Crippen LogP contribution in [0, 0.1) is 10.1 Å². The third-order valence-corrected chi connectivity index (χ3v) is 5.89. The van der Waals surface area contributed by atoms with Gasteiger partial charge in [0.2, 0.25) is 0 Å². The van der Waals surface area contributed by atoms with Gasteiger partial charge in [0.15, 0.2) is 0 Å². The van der Waals surface area contributed by atoms with Crippen molar-refractivity contribution >= 4 is 29.1 Å². The molecule has 2 atom stereocenters. The van der Waals surface area contributed by atoms with Crippen molar-refractivity contribution in [2.45, 2.75) is 28.8 Å². The Hall–Kier alpha value is -2.75. The topological polar surface area (TPSA) is 72.7 Å². The molecule has 2 aromatic carbocycles. The molecule has 1 saturated heterocycles. The lowest BCUT2D eigenvalue weighted by Gasteiger charge is -2.24. The van der Waals surface area contributed by atoms with E-state index in [-0.39, 0.29) is 34.5 Å². The van der Waals surface area contributed by atoms with Crippen LogP contribution in [0.25, 0.3) is 0 Å². The van der Waals surface area contributed by atoms with Crippen LogP contribution in [0.5, 0.6) is 0 Å². The number of alkyl halides is 3. The molecule has 6 nitrogen and oxygen atoms in total. The van der Waals surface area contributed by atoms with Crippen LogP contribution in [0.15, 0.2) is 53.4 Å². The third-order valence-electron chi connectivity index (χ3n) is 4.61. The van der Waals surface area contributed by atoms with E-state index in [1.807, 2.05) is 0 Å². The van der Waals surface area contributed by atoms with Gasteiger partial charge in [-0.05, 0) is 24.6 Å².